The van der Waals surface area contributed by atoms with E-state index in [1.165, 1.54) is 0 Å². The van der Waals surface area contributed by atoms with Crippen molar-refractivity contribution in [2.45, 2.75) is 36.7 Å². The molecule has 0 unspecified atom stereocenters. The van der Waals surface area contributed by atoms with Crippen LogP contribution in [0.3, 0.4) is 0 Å². The Morgan fingerprint density at radius 2 is 1.70 bits per heavy atom. The predicted octanol–water partition coefficient (Wildman–Crippen LogP) is 2.85. The Bertz CT molecular complexity index is 644. The summed E-state index contributed by atoms with van der Waals surface area (Å²) in [4.78, 5) is 34.9. The number of para-hydroxylation sites is 1. The molecule has 1 saturated carbocycles. The van der Waals surface area contributed by atoms with Crippen LogP contribution in [0, 0.1) is 0 Å². The molecule has 1 aromatic carbocycles. The highest BCUT2D eigenvalue weighted by molar-refractivity contribution is 6.27. The normalized spacial score (nSPS) is 21.3. The van der Waals surface area contributed by atoms with Crippen LogP contribution in [0.1, 0.15) is 25.7 Å². The van der Waals surface area contributed by atoms with Crippen LogP contribution in [-0.4, -0.2) is 64.0 Å². The average Bonchev–Trinajstić information content (AvgIpc) is 2.99. The summed E-state index contributed by atoms with van der Waals surface area (Å²) in [5, 5.41) is 14.9. The van der Waals surface area contributed by atoms with Crippen LogP contribution < -0.4 is 4.90 Å². The third-order valence-corrected chi connectivity index (χ3v) is 4.97. The molecule has 0 spiro atoms. The summed E-state index contributed by atoms with van der Waals surface area (Å²) in [7, 11) is 4.03. The summed E-state index contributed by atoms with van der Waals surface area (Å²) in [6, 6.07) is 9.80. The molecule has 1 amide bonds. The van der Waals surface area contributed by atoms with Gasteiger partial charge in [-0.05, 0) is 39.1 Å². The minimum Gasteiger partial charge on any atom is -0.473 e. The lowest BCUT2D eigenvalue weighted by atomic mass is 10.0. The number of alkyl halides is 2. The van der Waals surface area contributed by atoms with Crippen molar-refractivity contribution in [3.8, 4) is 0 Å². The summed E-state index contributed by atoms with van der Waals surface area (Å²) < 4.78 is 0. The van der Waals surface area contributed by atoms with Gasteiger partial charge in [0.05, 0.1) is 0 Å². The fourth-order valence-corrected chi connectivity index (χ4v) is 3.66. The molecule has 1 aromatic rings. The molecule has 1 aliphatic carbocycles. The van der Waals surface area contributed by atoms with Crippen molar-refractivity contribution in [1.29, 1.82) is 0 Å². The lowest BCUT2D eigenvalue weighted by molar-refractivity contribution is -0.159. The van der Waals surface area contributed by atoms with E-state index in [1.807, 2.05) is 49.3 Å². The Hall–Kier alpha value is -1.83. The van der Waals surface area contributed by atoms with E-state index >= 15 is 0 Å². The molecule has 0 saturated heterocycles. The second kappa shape index (κ2) is 10.5. The molecule has 150 valence electrons. The molecule has 2 rings (SSSR count). The first-order valence-electron chi connectivity index (χ1n) is 8.37. The molecule has 0 aromatic heterocycles. The highest BCUT2D eigenvalue weighted by Gasteiger charge is 2.47. The number of anilines is 1. The van der Waals surface area contributed by atoms with E-state index in [-0.39, 0.29) is 16.9 Å². The van der Waals surface area contributed by atoms with Gasteiger partial charge in [-0.2, -0.15) is 0 Å². The van der Waals surface area contributed by atoms with Gasteiger partial charge in [0.15, 0.2) is 0 Å². The third-order valence-electron chi connectivity index (χ3n) is 4.41. The maximum atomic E-state index is 12.7. The number of aliphatic carboxylic acids is 2. The average molecular weight is 419 g/mol. The zero-order valence-corrected chi connectivity index (χ0v) is 16.8. The zero-order valence-electron chi connectivity index (χ0n) is 15.3. The molecule has 0 radical (unpaired) electrons. The number of nitrogens with zero attached hydrogens (tertiary/aromatic N) is 2. The number of carbonyl (C=O) groups excluding carboxylic acids is 1. The number of benzene rings is 1. The molecule has 0 heterocycles. The Morgan fingerprint density at radius 1 is 1.15 bits per heavy atom. The van der Waals surface area contributed by atoms with Crippen LogP contribution in [0.2, 0.25) is 0 Å². The quantitative estimate of drug-likeness (QED) is 0.433. The SMILES string of the molecule is CN(C)[C@]1(N(C(=O)CCCl)c2ccccc2)CC[C@@H](Cl)C1.O=C(O)C(=O)O. The Morgan fingerprint density at radius 3 is 2.07 bits per heavy atom. The highest BCUT2D eigenvalue weighted by Crippen LogP contribution is 2.42. The summed E-state index contributed by atoms with van der Waals surface area (Å²) >= 11 is 12.2. The number of halogens is 2. The predicted molar refractivity (Wildman–Crippen MR) is 104 cm³/mol. The number of carbonyl (C=O) groups is 3. The highest BCUT2D eigenvalue weighted by atomic mass is 35.5. The zero-order chi connectivity index (χ0) is 20.6. The molecule has 2 atom stereocenters. The Kier molecular flexibility index (Phi) is 9.02. The van der Waals surface area contributed by atoms with Crippen molar-refractivity contribution in [1.82, 2.24) is 4.90 Å². The topological polar surface area (TPSA) is 98.2 Å². The summed E-state index contributed by atoms with van der Waals surface area (Å²) in [5.41, 5.74) is 0.545. The van der Waals surface area contributed by atoms with Gasteiger partial charge in [0, 0.05) is 29.8 Å². The van der Waals surface area contributed by atoms with Crippen LogP contribution in [-0.2, 0) is 14.4 Å². The minimum absolute atomic E-state index is 0.0515. The molecule has 7 nitrogen and oxygen atoms in total. The van der Waals surface area contributed by atoms with E-state index in [1.54, 1.807) is 0 Å². The van der Waals surface area contributed by atoms with E-state index in [0.29, 0.717) is 12.3 Å². The van der Waals surface area contributed by atoms with Gasteiger partial charge in [0.25, 0.3) is 0 Å². The number of carboxylic acid groups (broad SMARTS) is 2. The van der Waals surface area contributed by atoms with Gasteiger partial charge in [-0.3, -0.25) is 14.6 Å². The summed E-state index contributed by atoms with van der Waals surface area (Å²) in [6.45, 7) is 0. The molecular weight excluding hydrogens is 395 g/mol. The number of carboxylic acids is 2. The van der Waals surface area contributed by atoms with Crippen molar-refractivity contribution in [2.75, 3.05) is 24.9 Å². The summed E-state index contributed by atoms with van der Waals surface area (Å²) in [5.74, 6) is -3.27. The van der Waals surface area contributed by atoms with E-state index in [0.717, 1.165) is 24.9 Å². The maximum absolute atomic E-state index is 12.7. The second-order valence-electron chi connectivity index (χ2n) is 6.33. The fourth-order valence-electron chi connectivity index (χ4n) is 3.14. The third kappa shape index (κ3) is 6.09. The van der Waals surface area contributed by atoms with Crippen LogP contribution in [0.5, 0.6) is 0 Å². The number of amides is 1. The van der Waals surface area contributed by atoms with Crippen molar-refractivity contribution in [3.63, 3.8) is 0 Å². The van der Waals surface area contributed by atoms with Crippen LogP contribution in [0.4, 0.5) is 5.69 Å². The van der Waals surface area contributed by atoms with Crippen molar-refractivity contribution >= 4 is 46.7 Å². The molecule has 9 heteroatoms. The van der Waals surface area contributed by atoms with Gasteiger partial charge >= 0.3 is 11.9 Å². The molecule has 1 aliphatic rings. The Balaban J connectivity index is 0.000000527. The van der Waals surface area contributed by atoms with Gasteiger partial charge < -0.3 is 10.2 Å². The maximum Gasteiger partial charge on any atom is 0.414 e. The van der Waals surface area contributed by atoms with Crippen LogP contribution in [0.25, 0.3) is 0 Å². The molecule has 1 fully saturated rings. The molecule has 2 N–H and O–H groups in total. The molecular formula is C18H24Cl2N2O5. The molecule has 0 bridgehead atoms. The van der Waals surface area contributed by atoms with Gasteiger partial charge in [-0.15, -0.1) is 23.2 Å². The van der Waals surface area contributed by atoms with E-state index in [2.05, 4.69) is 4.90 Å². The van der Waals surface area contributed by atoms with Crippen molar-refractivity contribution < 1.29 is 24.6 Å². The van der Waals surface area contributed by atoms with Gasteiger partial charge in [-0.25, -0.2) is 9.59 Å². The monoisotopic (exact) mass is 418 g/mol. The first kappa shape index (κ1) is 23.2. The van der Waals surface area contributed by atoms with Gasteiger partial charge in [-0.1, -0.05) is 18.2 Å². The van der Waals surface area contributed by atoms with E-state index < -0.39 is 11.9 Å². The summed E-state index contributed by atoms with van der Waals surface area (Å²) in [6.07, 6.45) is 2.89. The Labute approximate surface area is 168 Å². The smallest absolute Gasteiger partial charge is 0.414 e. The largest absolute Gasteiger partial charge is 0.473 e. The minimum atomic E-state index is -1.82. The second-order valence-corrected chi connectivity index (χ2v) is 7.33. The van der Waals surface area contributed by atoms with Gasteiger partial charge in [0.2, 0.25) is 5.91 Å². The van der Waals surface area contributed by atoms with Gasteiger partial charge in [0.1, 0.15) is 5.66 Å². The van der Waals surface area contributed by atoms with Crippen LogP contribution in [0.15, 0.2) is 30.3 Å². The first-order valence-corrected chi connectivity index (χ1v) is 9.34. The number of hydrogen-bond donors (Lipinski definition) is 2. The molecule has 0 aliphatic heterocycles. The van der Waals surface area contributed by atoms with Crippen molar-refractivity contribution in [3.05, 3.63) is 30.3 Å². The standard InChI is InChI=1S/C16H22Cl2N2O.C2H2O4/c1-19(2)16(10-8-13(18)12-16)20(15(21)9-11-17)14-6-4-3-5-7-14;3-1(4)2(5)6/h3-7,13H,8-12H2,1-2H3;(H,3,4)(H,5,6)/t13-,16+;/m1./s1. The molecule has 27 heavy (non-hydrogen) atoms. The number of hydrogen-bond acceptors (Lipinski definition) is 4. The lowest BCUT2D eigenvalue weighted by Gasteiger charge is -2.46. The van der Waals surface area contributed by atoms with E-state index in [4.69, 9.17) is 43.0 Å². The fraction of sp³-hybridized carbons (Fsp3) is 0.500. The lowest BCUT2D eigenvalue weighted by Crippen LogP contribution is -2.59. The number of rotatable bonds is 5. The van der Waals surface area contributed by atoms with Crippen LogP contribution >= 0.6 is 23.2 Å². The van der Waals surface area contributed by atoms with Crippen molar-refractivity contribution in [2.24, 2.45) is 0 Å². The van der Waals surface area contributed by atoms with E-state index in [9.17, 15) is 4.79 Å². The first-order chi connectivity index (χ1) is 12.7.